The molecule has 14 heavy (non-hydrogen) atoms. The van der Waals surface area contributed by atoms with E-state index < -0.39 is 0 Å². The van der Waals surface area contributed by atoms with Gasteiger partial charge in [-0.05, 0) is 19.3 Å². The van der Waals surface area contributed by atoms with Gasteiger partial charge in [-0.15, -0.1) is 0 Å². The van der Waals surface area contributed by atoms with Crippen molar-refractivity contribution in [3.05, 3.63) is 12.2 Å². The molecule has 0 spiro atoms. The van der Waals surface area contributed by atoms with Crippen molar-refractivity contribution in [1.82, 2.24) is 0 Å². The van der Waals surface area contributed by atoms with Gasteiger partial charge >= 0.3 is 0 Å². The van der Waals surface area contributed by atoms with Crippen molar-refractivity contribution < 1.29 is 0 Å². The summed E-state index contributed by atoms with van der Waals surface area (Å²) >= 11 is 0. The fourth-order valence-corrected chi connectivity index (χ4v) is 1.85. The Labute approximate surface area is 90.8 Å². The molecule has 0 N–H and O–H groups in total. The Hall–Kier alpha value is -0.260. The van der Waals surface area contributed by atoms with Gasteiger partial charge in [0, 0.05) is 0 Å². The monoisotopic (exact) mass is 196 g/mol. The molecular formula is C14H28. The third-order valence-electron chi connectivity index (χ3n) is 2.78. The zero-order valence-electron chi connectivity index (χ0n) is 10.4. The Morgan fingerprint density at radius 3 is 2.07 bits per heavy atom. The molecule has 1 atom stereocenters. The summed E-state index contributed by atoms with van der Waals surface area (Å²) in [4.78, 5) is 0. The van der Waals surface area contributed by atoms with Crippen molar-refractivity contribution in [3.63, 3.8) is 0 Å². The predicted molar refractivity (Wildman–Crippen MR) is 66.6 cm³/mol. The largest absolute Gasteiger partial charge is 0.0914 e. The summed E-state index contributed by atoms with van der Waals surface area (Å²) in [5.74, 6) is 0.788. The minimum absolute atomic E-state index is 0.788. The Bertz CT molecular complexity index is 124. The molecule has 0 heteroatoms. The maximum atomic E-state index is 2.32. The van der Waals surface area contributed by atoms with Crippen LogP contribution in [0.2, 0.25) is 0 Å². The van der Waals surface area contributed by atoms with Crippen LogP contribution in [0.3, 0.4) is 0 Å². The molecule has 0 fully saturated rings. The van der Waals surface area contributed by atoms with E-state index in [1.807, 2.05) is 0 Å². The van der Waals surface area contributed by atoms with Crippen LogP contribution >= 0.6 is 0 Å². The van der Waals surface area contributed by atoms with E-state index in [0.717, 1.165) is 5.92 Å². The predicted octanol–water partition coefficient (Wildman–Crippen LogP) is 5.34. The van der Waals surface area contributed by atoms with Crippen LogP contribution in [-0.2, 0) is 0 Å². The van der Waals surface area contributed by atoms with Gasteiger partial charge in [0.1, 0.15) is 0 Å². The number of rotatable bonds is 9. The highest BCUT2D eigenvalue weighted by Gasteiger charge is 1.96. The molecular weight excluding hydrogens is 168 g/mol. The summed E-state index contributed by atoms with van der Waals surface area (Å²) < 4.78 is 0. The molecule has 0 aromatic rings. The highest BCUT2D eigenvalue weighted by atomic mass is 14.0. The first-order chi connectivity index (χ1) is 6.81. The lowest BCUT2D eigenvalue weighted by Crippen LogP contribution is -1.89. The first kappa shape index (κ1) is 13.7. The lowest BCUT2D eigenvalue weighted by atomic mass is 10.0. The number of allylic oxidation sites excluding steroid dienone is 2. The first-order valence-corrected chi connectivity index (χ1v) is 6.44. The van der Waals surface area contributed by atoms with Gasteiger partial charge in [0.05, 0.1) is 0 Å². The third kappa shape index (κ3) is 9.83. The summed E-state index contributed by atoms with van der Waals surface area (Å²) in [6.45, 7) is 6.71. The topological polar surface area (TPSA) is 0 Å². The highest BCUT2D eigenvalue weighted by Crippen LogP contribution is 2.13. The van der Waals surface area contributed by atoms with Gasteiger partial charge in [-0.2, -0.15) is 0 Å². The maximum Gasteiger partial charge on any atom is -0.0262 e. The molecule has 0 heterocycles. The lowest BCUT2D eigenvalue weighted by Gasteiger charge is -2.05. The molecule has 84 valence electrons. The van der Waals surface area contributed by atoms with E-state index >= 15 is 0 Å². The Morgan fingerprint density at radius 2 is 1.50 bits per heavy atom. The van der Waals surface area contributed by atoms with Crippen LogP contribution in [0, 0.1) is 5.92 Å². The first-order valence-electron chi connectivity index (χ1n) is 6.44. The summed E-state index contributed by atoms with van der Waals surface area (Å²) in [5.41, 5.74) is 0. The quantitative estimate of drug-likeness (QED) is 0.345. The molecule has 0 aromatic heterocycles. The number of unbranched alkanes of at least 4 members (excludes halogenated alkanes) is 6. The molecule has 0 saturated heterocycles. The minimum atomic E-state index is 0.788. The van der Waals surface area contributed by atoms with Crippen LogP contribution in [0.15, 0.2) is 12.2 Å². The second kappa shape index (κ2) is 10.8. The van der Waals surface area contributed by atoms with Crippen LogP contribution in [0.4, 0.5) is 0 Å². The van der Waals surface area contributed by atoms with Gasteiger partial charge in [0.2, 0.25) is 0 Å². The second-order valence-corrected chi connectivity index (χ2v) is 4.41. The van der Waals surface area contributed by atoms with E-state index in [1.54, 1.807) is 0 Å². The fraction of sp³-hybridized carbons (Fsp3) is 0.857. The van der Waals surface area contributed by atoms with Gasteiger partial charge in [-0.3, -0.25) is 0 Å². The molecule has 0 aromatic carbocycles. The highest BCUT2D eigenvalue weighted by molar-refractivity contribution is 4.82. The van der Waals surface area contributed by atoms with Crippen LogP contribution < -0.4 is 0 Å². The molecule has 0 aliphatic carbocycles. The summed E-state index contributed by atoms with van der Waals surface area (Å²) in [6.07, 6.45) is 15.8. The molecule has 0 aliphatic heterocycles. The van der Waals surface area contributed by atoms with Crippen molar-refractivity contribution in [3.8, 4) is 0 Å². The summed E-state index contributed by atoms with van der Waals surface area (Å²) in [7, 11) is 0. The maximum absolute atomic E-state index is 2.32. The van der Waals surface area contributed by atoms with Crippen LogP contribution in [0.25, 0.3) is 0 Å². The van der Waals surface area contributed by atoms with Crippen molar-refractivity contribution in [2.24, 2.45) is 5.92 Å². The molecule has 0 radical (unpaired) electrons. The number of hydrogen-bond acceptors (Lipinski definition) is 0. The lowest BCUT2D eigenvalue weighted by molar-refractivity contribution is 0.537. The third-order valence-corrected chi connectivity index (χ3v) is 2.78. The molecule has 0 nitrogen and oxygen atoms in total. The molecule has 0 bridgehead atoms. The van der Waals surface area contributed by atoms with E-state index in [2.05, 4.69) is 32.9 Å². The van der Waals surface area contributed by atoms with Gasteiger partial charge < -0.3 is 0 Å². The van der Waals surface area contributed by atoms with E-state index in [9.17, 15) is 0 Å². The Kier molecular flexibility index (Phi) is 10.6. The SMILES string of the molecule is CC=CC(C)CCCCCCCCC. The van der Waals surface area contributed by atoms with E-state index in [0.29, 0.717) is 0 Å². The van der Waals surface area contributed by atoms with E-state index in [-0.39, 0.29) is 0 Å². The van der Waals surface area contributed by atoms with Gasteiger partial charge in [0.25, 0.3) is 0 Å². The average molecular weight is 196 g/mol. The smallest absolute Gasteiger partial charge is 0.0262 e. The zero-order chi connectivity index (χ0) is 10.6. The van der Waals surface area contributed by atoms with Crippen molar-refractivity contribution in [2.45, 2.75) is 72.1 Å². The molecule has 0 rings (SSSR count). The zero-order valence-corrected chi connectivity index (χ0v) is 10.4. The molecule has 0 aliphatic rings. The van der Waals surface area contributed by atoms with E-state index in [1.165, 1.54) is 51.4 Å². The normalized spacial score (nSPS) is 13.6. The van der Waals surface area contributed by atoms with Crippen molar-refractivity contribution in [1.29, 1.82) is 0 Å². The van der Waals surface area contributed by atoms with Gasteiger partial charge in [-0.25, -0.2) is 0 Å². The fourth-order valence-electron chi connectivity index (χ4n) is 1.85. The second-order valence-electron chi connectivity index (χ2n) is 4.41. The number of hydrogen-bond donors (Lipinski definition) is 0. The molecule has 1 unspecified atom stereocenters. The standard InChI is InChI=1S/C14H28/c1-4-6-7-8-9-10-11-13-14(3)12-5-2/h5,12,14H,4,6-11,13H2,1-3H3. The summed E-state index contributed by atoms with van der Waals surface area (Å²) in [5, 5.41) is 0. The van der Waals surface area contributed by atoms with Crippen LogP contribution in [0.1, 0.15) is 72.1 Å². The molecule has 0 amide bonds. The Balaban J connectivity index is 3.05. The Morgan fingerprint density at radius 1 is 0.929 bits per heavy atom. The van der Waals surface area contributed by atoms with E-state index in [4.69, 9.17) is 0 Å². The van der Waals surface area contributed by atoms with Crippen molar-refractivity contribution in [2.75, 3.05) is 0 Å². The van der Waals surface area contributed by atoms with Gasteiger partial charge in [-0.1, -0.05) is 70.9 Å². The average Bonchev–Trinajstić information content (AvgIpc) is 2.17. The van der Waals surface area contributed by atoms with Crippen LogP contribution in [0.5, 0.6) is 0 Å². The molecule has 0 saturated carbocycles. The van der Waals surface area contributed by atoms with Gasteiger partial charge in [0.15, 0.2) is 0 Å². The summed E-state index contributed by atoms with van der Waals surface area (Å²) in [6, 6.07) is 0. The van der Waals surface area contributed by atoms with Crippen molar-refractivity contribution >= 4 is 0 Å². The van der Waals surface area contributed by atoms with Crippen LogP contribution in [-0.4, -0.2) is 0 Å². The minimum Gasteiger partial charge on any atom is -0.0914 e.